The summed E-state index contributed by atoms with van der Waals surface area (Å²) in [4.78, 5) is 31.2. The van der Waals surface area contributed by atoms with Gasteiger partial charge in [0.1, 0.15) is 11.1 Å². The molecule has 4 rings (SSSR count). The van der Waals surface area contributed by atoms with E-state index in [1.165, 1.54) is 12.8 Å². The Kier molecular flexibility index (Phi) is 5.71. The van der Waals surface area contributed by atoms with Crippen LogP contribution in [0.3, 0.4) is 0 Å². The Hall–Kier alpha value is -2.57. The minimum absolute atomic E-state index is 0.0426. The molecule has 2 heterocycles. The number of fused-ring (bicyclic) bond motifs is 1. The number of piperidine rings is 1. The van der Waals surface area contributed by atoms with Gasteiger partial charge < -0.3 is 19.4 Å². The van der Waals surface area contributed by atoms with Crippen LogP contribution in [0, 0.1) is 0 Å². The summed E-state index contributed by atoms with van der Waals surface area (Å²) in [6.45, 7) is 6.86. The normalized spacial score (nSPS) is 18.7. The number of nitrogens with one attached hydrogen (secondary N) is 1. The van der Waals surface area contributed by atoms with E-state index in [9.17, 15) is 9.59 Å². The van der Waals surface area contributed by atoms with Gasteiger partial charge in [-0.2, -0.15) is 0 Å². The number of likely N-dealkylation sites (tertiary alicyclic amines) is 1. The van der Waals surface area contributed by atoms with Crippen LogP contribution in [-0.4, -0.2) is 46.6 Å². The molecule has 1 saturated carbocycles. The highest BCUT2D eigenvalue weighted by molar-refractivity contribution is 5.97. The van der Waals surface area contributed by atoms with Crippen LogP contribution in [0.2, 0.25) is 0 Å². The molecule has 7 nitrogen and oxygen atoms in total. The second-order valence-electron chi connectivity index (χ2n) is 9.43. The number of aromatic nitrogens is 1. The van der Waals surface area contributed by atoms with Gasteiger partial charge in [0.05, 0.1) is 0 Å². The lowest BCUT2D eigenvalue weighted by molar-refractivity contribution is 0.0199. The van der Waals surface area contributed by atoms with Crippen LogP contribution in [0.25, 0.3) is 11.1 Å². The summed E-state index contributed by atoms with van der Waals surface area (Å²) in [6.07, 6.45) is 5.78. The second-order valence-corrected chi connectivity index (χ2v) is 9.43. The molecule has 1 saturated heterocycles. The maximum atomic E-state index is 12.5. The SMILES string of the molecule is CC(C)(C)OC(=O)N1CCC(c2nc3cc(C(=O)NC4CCCC4)ccc3o2)CC1. The molecule has 0 unspecified atom stereocenters. The van der Waals surface area contributed by atoms with Gasteiger partial charge in [-0.1, -0.05) is 12.8 Å². The summed E-state index contributed by atoms with van der Waals surface area (Å²) in [6, 6.07) is 5.72. The quantitative estimate of drug-likeness (QED) is 0.794. The van der Waals surface area contributed by atoms with E-state index in [0.717, 1.165) is 25.7 Å². The van der Waals surface area contributed by atoms with Gasteiger partial charge in [0.2, 0.25) is 0 Å². The van der Waals surface area contributed by atoms with Crippen molar-refractivity contribution in [3.8, 4) is 0 Å². The molecule has 1 aliphatic carbocycles. The highest BCUT2D eigenvalue weighted by atomic mass is 16.6. The van der Waals surface area contributed by atoms with Gasteiger partial charge >= 0.3 is 6.09 Å². The molecule has 2 aliphatic rings. The first-order chi connectivity index (χ1) is 14.3. The average molecular weight is 414 g/mol. The number of ether oxygens (including phenoxy) is 1. The summed E-state index contributed by atoms with van der Waals surface area (Å²) >= 11 is 0. The minimum atomic E-state index is -0.490. The van der Waals surface area contributed by atoms with E-state index in [1.54, 1.807) is 11.0 Å². The van der Waals surface area contributed by atoms with Gasteiger partial charge in [0, 0.05) is 30.6 Å². The monoisotopic (exact) mass is 413 g/mol. The molecule has 1 N–H and O–H groups in total. The van der Waals surface area contributed by atoms with Gasteiger partial charge in [-0.25, -0.2) is 9.78 Å². The van der Waals surface area contributed by atoms with Crippen molar-refractivity contribution in [1.29, 1.82) is 0 Å². The number of rotatable bonds is 3. The first-order valence-electron chi connectivity index (χ1n) is 11.0. The van der Waals surface area contributed by atoms with E-state index < -0.39 is 5.60 Å². The molecule has 0 atom stereocenters. The number of hydrogen-bond acceptors (Lipinski definition) is 5. The van der Waals surface area contributed by atoms with Crippen LogP contribution < -0.4 is 5.32 Å². The number of carbonyl (C=O) groups excluding carboxylic acids is 2. The third kappa shape index (κ3) is 4.77. The fourth-order valence-corrected chi connectivity index (χ4v) is 4.24. The van der Waals surface area contributed by atoms with E-state index in [0.29, 0.717) is 35.6 Å². The molecular weight excluding hydrogens is 382 g/mol. The topological polar surface area (TPSA) is 84.7 Å². The van der Waals surface area contributed by atoms with Crippen LogP contribution in [0.5, 0.6) is 0 Å². The molecule has 0 bridgehead atoms. The number of benzene rings is 1. The molecule has 2 aromatic rings. The maximum Gasteiger partial charge on any atom is 0.410 e. The first kappa shape index (κ1) is 20.7. The smallest absolute Gasteiger partial charge is 0.410 e. The lowest BCUT2D eigenvalue weighted by atomic mass is 9.97. The van der Waals surface area contributed by atoms with Crippen molar-refractivity contribution in [1.82, 2.24) is 15.2 Å². The third-order valence-electron chi connectivity index (χ3n) is 5.85. The molecular formula is C23H31N3O4. The highest BCUT2D eigenvalue weighted by Gasteiger charge is 2.30. The second kappa shape index (κ2) is 8.28. The van der Waals surface area contributed by atoms with Crippen LogP contribution >= 0.6 is 0 Å². The lowest BCUT2D eigenvalue weighted by Crippen LogP contribution is -2.41. The van der Waals surface area contributed by atoms with E-state index in [-0.39, 0.29) is 24.0 Å². The largest absolute Gasteiger partial charge is 0.444 e. The van der Waals surface area contributed by atoms with Gasteiger partial charge in [0.25, 0.3) is 5.91 Å². The zero-order valence-electron chi connectivity index (χ0n) is 18.1. The van der Waals surface area contributed by atoms with Gasteiger partial charge in [-0.05, 0) is 64.7 Å². The fraction of sp³-hybridized carbons (Fsp3) is 0.609. The van der Waals surface area contributed by atoms with Crippen molar-refractivity contribution in [2.24, 2.45) is 0 Å². The molecule has 30 heavy (non-hydrogen) atoms. The Morgan fingerprint density at radius 3 is 2.50 bits per heavy atom. The summed E-state index contributed by atoms with van der Waals surface area (Å²) < 4.78 is 11.4. The number of hydrogen-bond donors (Lipinski definition) is 1. The Bertz CT molecular complexity index is 916. The molecule has 1 aliphatic heterocycles. The highest BCUT2D eigenvalue weighted by Crippen LogP contribution is 2.31. The predicted octanol–water partition coefficient (Wildman–Crippen LogP) is 4.61. The number of oxazole rings is 1. The standard InChI is InChI=1S/C23H31N3O4/c1-23(2,3)30-22(28)26-12-10-15(11-13-26)21-25-18-14-16(8-9-19(18)29-21)20(27)24-17-6-4-5-7-17/h8-9,14-15,17H,4-7,10-13H2,1-3H3,(H,24,27). The van der Waals surface area contributed by atoms with Gasteiger partial charge in [-0.15, -0.1) is 0 Å². The number of amides is 2. The van der Waals surface area contributed by atoms with E-state index in [2.05, 4.69) is 10.3 Å². The van der Waals surface area contributed by atoms with E-state index in [1.807, 2.05) is 32.9 Å². The van der Waals surface area contributed by atoms with Crippen molar-refractivity contribution in [3.05, 3.63) is 29.7 Å². The Labute approximate surface area is 177 Å². The zero-order chi connectivity index (χ0) is 21.3. The van der Waals surface area contributed by atoms with Crippen molar-refractivity contribution in [2.45, 2.75) is 76.9 Å². The van der Waals surface area contributed by atoms with E-state index in [4.69, 9.17) is 9.15 Å². The molecule has 1 aromatic heterocycles. The van der Waals surface area contributed by atoms with Crippen LogP contribution in [0.1, 0.15) is 81.5 Å². The Morgan fingerprint density at radius 2 is 1.83 bits per heavy atom. The number of carbonyl (C=O) groups is 2. The Balaban J connectivity index is 1.39. The summed E-state index contributed by atoms with van der Waals surface area (Å²) in [5.74, 6) is 0.799. The lowest BCUT2D eigenvalue weighted by Gasteiger charge is -2.32. The van der Waals surface area contributed by atoms with Crippen molar-refractivity contribution in [2.75, 3.05) is 13.1 Å². The maximum absolute atomic E-state index is 12.5. The minimum Gasteiger partial charge on any atom is -0.444 e. The van der Waals surface area contributed by atoms with Crippen molar-refractivity contribution in [3.63, 3.8) is 0 Å². The molecule has 7 heteroatoms. The summed E-state index contributed by atoms with van der Waals surface area (Å²) in [5.41, 5.74) is 1.53. The predicted molar refractivity (Wildman–Crippen MR) is 114 cm³/mol. The zero-order valence-corrected chi connectivity index (χ0v) is 18.1. The number of nitrogens with zero attached hydrogens (tertiary/aromatic N) is 2. The third-order valence-corrected chi connectivity index (χ3v) is 5.85. The van der Waals surface area contributed by atoms with E-state index >= 15 is 0 Å². The first-order valence-corrected chi connectivity index (χ1v) is 11.0. The molecule has 2 amide bonds. The molecule has 0 spiro atoms. The molecule has 0 radical (unpaired) electrons. The summed E-state index contributed by atoms with van der Waals surface area (Å²) in [7, 11) is 0. The van der Waals surface area contributed by atoms with Crippen molar-refractivity contribution < 1.29 is 18.7 Å². The molecule has 2 fully saturated rings. The average Bonchev–Trinajstić information content (AvgIpc) is 3.35. The molecule has 1 aromatic carbocycles. The van der Waals surface area contributed by atoms with Gasteiger partial charge in [-0.3, -0.25) is 4.79 Å². The summed E-state index contributed by atoms with van der Waals surface area (Å²) in [5, 5.41) is 3.11. The fourth-order valence-electron chi connectivity index (χ4n) is 4.24. The Morgan fingerprint density at radius 1 is 1.13 bits per heavy atom. The van der Waals surface area contributed by atoms with Crippen LogP contribution in [-0.2, 0) is 4.74 Å². The van der Waals surface area contributed by atoms with Crippen LogP contribution in [0.15, 0.2) is 22.6 Å². The van der Waals surface area contributed by atoms with Gasteiger partial charge in [0.15, 0.2) is 11.5 Å². The molecule has 162 valence electrons. The van der Waals surface area contributed by atoms with Crippen LogP contribution in [0.4, 0.5) is 4.79 Å². The van der Waals surface area contributed by atoms with Crippen molar-refractivity contribution >= 4 is 23.1 Å².